The van der Waals surface area contributed by atoms with Crippen molar-refractivity contribution in [1.29, 1.82) is 0 Å². The molecule has 3 rings (SSSR count). The van der Waals surface area contributed by atoms with E-state index < -0.39 is 0 Å². The third-order valence-corrected chi connectivity index (χ3v) is 4.58. The van der Waals surface area contributed by atoms with E-state index in [-0.39, 0.29) is 0 Å². The predicted molar refractivity (Wildman–Crippen MR) is 78.2 cm³/mol. The lowest BCUT2D eigenvalue weighted by Crippen LogP contribution is -2.13. The summed E-state index contributed by atoms with van der Waals surface area (Å²) in [5.41, 5.74) is 1.01. The van der Waals surface area contributed by atoms with Gasteiger partial charge in [0.15, 0.2) is 5.82 Å². The molecule has 7 heteroatoms. The molecule has 1 aromatic heterocycles. The number of nitrogen functional groups attached to an aromatic ring is 1. The maximum atomic E-state index is 6.13. The highest BCUT2D eigenvalue weighted by molar-refractivity contribution is 7.98. The number of hydrogen-bond donors (Lipinski definition) is 1. The van der Waals surface area contributed by atoms with E-state index in [1.165, 1.54) is 11.8 Å². The molecule has 0 atom stereocenters. The summed E-state index contributed by atoms with van der Waals surface area (Å²) in [4.78, 5) is 0. The van der Waals surface area contributed by atoms with E-state index in [9.17, 15) is 0 Å². The van der Waals surface area contributed by atoms with Gasteiger partial charge in [-0.2, -0.15) is 0 Å². The Balaban J connectivity index is 1.71. The molecule has 1 aliphatic rings. The zero-order chi connectivity index (χ0) is 13.4. The molecule has 0 amide bonds. The first kappa shape index (κ1) is 13.1. The number of aromatic nitrogens is 3. The zero-order valence-corrected chi connectivity index (χ0v) is 12.3. The molecule has 0 saturated heterocycles. The van der Waals surface area contributed by atoms with Crippen LogP contribution < -0.4 is 5.84 Å². The molecule has 1 heterocycles. The normalized spacial score (nSPS) is 14.8. The van der Waals surface area contributed by atoms with Gasteiger partial charge in [-0.1, -0.05) is 41.0 Å². The Kier molecular flexibility index (Phi) is 3.60. The third kappa shape index (κ3) is 2.83. The summed E-state index contributed by atoms with van der Waals surface area (Å²) in [5.74, 6) is 8.05. The fraction of sp³-hybridized carbons (Fsp3) is 0.333. The third-order valence-electron chi connectivity index (χ3n) is 3.01. The largest absolute Gasteiger partial charge is 0.336 e. The van der Waals surface area contributed by atoms with Gasteiger partial charge in [0.05, 0.1) is 0 Å². The highest BCUT2D eigenvalue weighted by Crippen LogP contribution is 2.39. The number of rotatable bonds is 4. The van der Waals surface area contributed by atoms with Crippen molar-refractivity contribution in [3.05, 3.63) is 39.6 Å². The van der Waals surface area contributed by atoms with Crippen molar-refractivity contribution < 1.29 is 0 Å². The van der Waals surface area contributed by atoms with Crippen LogP contribution in [0.2, 0.25) is 10.0 Å². The summed E-state index contributed by atoms with van der Waals surface area (Å²) in [5, 5.41) is 10.3. The van der Waals surface area contributed by atoms with E-state index in [0.29, 0.717) is 26.9 Å². The zero-order valence-electron chi connectivity index (χ0n) is 10.0. The number of nitrogens with zero attached hydrogens (tertiary/aromatic N) is 3. The number of hydrogen-bond acceptors (Lipinski definition) is 4. The molecule has 100 valence electrons. The van der Waals surface area contributed by atoms with Gasteiger partial charge in [-0.15, -0.1) is 10.2 Å². The van der Waals surface area contributed by atoms with Gasteiger partial charge in [-0.25, -0.2) is 4.68 Å². The molecule has 19 heavy (non-hydrogen) atoms. The minimum atomic E-state index is 0.492. The Bertz CT molecular complexity index is 610. The number of nitrogens with two attached hydrogens (primary N) is 1. The summed E-state index contributed by atoms with van der Waals surface area (Å²) in [6.07, 6.45) is 2.31. The van der Waals surface area contributed by atoms with Crippen LogP contribution >= 0.6 is 35.0 Å². The number of benzene rings is 1. The quantitative estimate of drug-likeness (QED) is 0.693. The van der Waals surface area contributed by atoms with Gasteiger partial charge in [0, 0.05) is 21.7 Å². The van der Waals surface area contributed by atoms with E-state index in [2.05, 4.69) is 10.2 Å². The lowest BCUT2D eigenvalue weighted by atomic mass is 10.2. The smallest absolute Gasteiger partial charge is 0.210 e. The monoisotopic (exact) mass is 314 g/mol. The van der Waals surface area contributed by atoms with E-state index in [1.54, 1.807) is 10.7 Å². The van der Waals surface area contributed by atoms with Crippen molar-refractivity contribution in [1.82, 2.24) is 14.9 Å². The van der Waals surface area contributed by atoms with Gasteiger partial charge in [0.1, 0.15) is 0 Å². The second kappa shape index (κ2) is 5.23. The van der Waals surface area contributed by atoms with E-state index in [4.69, 9.17) is 29.0 Å². The average molecular weight is 315 g/mol. The molecule has 1 fully saturated rings. The number of halogens is 2. The van der Waals surface area contributed by atoms with Crippen LogP contribution in [0.1, 0.15) is 30.1 Å². The molecule has 0 aliphatic heterocycles. The Morgan fingerprint density at radius 2 is 2.11 bits per heavy atom. The van der Waals surface area contributed by atoms with E-state index >= 15 is 0 Å². The van der Waals surface area contributed by atoms with Crippen molar-refractivity contribution in [2.24, 2.45) is 0 Å². The van der Waals surface area contributed by atoms with Gasteiger partial charge < -0.3 is 5.84 Å². The van der Waals surface area contributed by atoms with Crippen LogP contribution in [0, 0.1) is 0 Å². The first-order chi connectivity index (χ1) is 9.15. The van der Waals surface area contributed by atoms with Crippen LogP contribution in [-0.4, -0.2) is 14.9 Å². The second-order valence-corrected chi connectivity index (χ2v) is 6.30. The van der Waals surface area contributed by atoms with Crippen molar-refractivity contribution in [3.63, 3.8) is 0 Å². The van der Waals surface area contributed by atoms with Crippen LogP contribution in [0.3, 0.4) is 0 Å². The molecule has 1 aliphatic carbocycles. The summed E-state index contributed by atoms with van der Waals surface area (Å²) in [7, 11) is 0. The Labute approximate surface area is 125 Å². The first-order valence-electron chi connectivity index (χ1n) is 5.92. The van der Waals surface area contributed by atoms with Crippen LogP contribution in [0.15, 0.2) is 23.4 Å². The fourth-order valence-electron chi connectivity index (χ4n) is 1.79. The lowest BCUT2D eigenvalue weighted by molar-refractivity contribution is 0.790. The van der Waals surface area contributed by atoms with Crippen LogP contribution in [0.5, 0.6) is 0 Å². The molecule has 1 saturated carbocycles. The van der Waals surface area contributed by atoms with Crippen LogP contribution in [0.4, 0.5) is 0 Å². The molecule has 2 aromatic rings. The van der Waals surface area contributed by atoms with E-state index in [1.807, 2.05) is 12.1 Å². The maximum absolute atomic E-state index is 6.13. The second-order valence-electron chi connectivity index (χ2n) is 4.51. The van der Waals surface area contributed by atoms with Crippen LogP contribution in [-0.2, 0) is 5.75 Å². The van der Waals surface area contributed by atoms with Crippen molar-refractivity contribution in [2.75, 3.05) is 5.84 Å². The van der Waals surface area contributed by atoms with Gasteiger partial charge in [0.25, 0.3) is 0 Å². The Morgan fingerprint density at radius 3 is 2.79 bits per heavy atom. The van der Waals surface area contributed by atoms with Crippen LogP contribution in [0.25, 0.3) is 0 Å². The SMILES string of the molecule is Nn1c(SCc2ccc(Cl)cc2Cl)nnc1C1CC1. The van der Waals surface area contributed by atoms with Gasteiger partial charge in [-0.05, 0) is 30.5 Å². The summed E-state index contributed by atoms with van der Waals surface area (Å²) in [6, 6.07) is 5.48. The highest BCUT2D eigenvalue weighted by atomic mass is 35.5. The van der Waals surface area contributed by atoms with Crippen molar-refractivity contribution >= 4 is 35.0 Å². The molecular formula is C12H12Cl2N4S. The molecule has 0 unspecified atom stereocenters. The molecule has 0 spiro atoms. The van der Waals surface area contributed by atoms with Crippen molar-refractivity contribution in [3.8, 4) is 0 Å². The minimum Gasteiger partial charge on any atom is -0.336 e. The van der Waals surface area contributed by atoms with Gasteiger partial charge in [0.2, 0.25) is 5.16 Å². The topological polar surface area (TPSA) is 56.7 Å². The van der Waals surface area contributed by atoms with Crippen molar-refractivity contribution in [2.45, 2.75) is 29.7 Å². The minimum absolute atomic E-state index is 0.492. The number of thioether (sulfide) groups is 1. The summed E-state index contributed by atoms with van der Waals surface area (Å²) < 4.78 is 1.59. The van der Waals surface area contributed by atoms with E-state index in [0.717, 1.165) is 24.2 Å². The Hall–Kier alpha value is -0.910. The Morgan fingerprint density at radius 1 is 1.32 bits per heavy atom. The molecule has 4 nitrogen and oxygen atoms in total. The molecule has 0 bridgehead atoms. The summed E-state index contributed by atoms with van der Waals surface area (Å²) >= 11 is 13.5. The standard InChI is InChI=1S/C12H12Cl2N4S/c13-9-4-3-8(10(14)5-9)6-19-12-17-16-11(18(12)15)7-1-2-7/h3-5,7H,1-2,6,15H2. The van der Waals surface area contributed by atoms with Gasteiger partial charge in [-0.3, -0.25) is 0 Å². The highest BCUT2D eigenvalue weighted by Gasteiger charge is 2.29. The predicted octanol–water partition coefficient (Wildman–Crippen LogP) is 3.47. The van der Waals surface area contributed by atoms with Gasteiger partial charge >= 0.3 is 0 Å². The molecule has 0 radical (unpaired) electrons. The first-order valence-corrected chi connectivity index (χ1v) is 7.66. The lowest BCUT2D eigenvalue weighted by Gasteiger charge is -2.05. The molecular weight excluding hydrogens is 303 g/mol. The molecule has 1 aromatic carbocycles. The molecule has 2 N–H and O–H groups in total. The summed E-state index contributed by atoms with van der Waals surface area (Å²) in [6.45, 7) is 0. The average Bonchev–Trinajstić information content (AvgIpc) is 3.14. The fourth-order valence-corrected chi connectivity index (χ4v) is 3.21. The maximum Gasteiger partial charge on any atom is 0.210 e.